The summed E-state index contributed by atoms with van der Waals surface area (Å²) in [4.78, 5) is 29.8. The number of fused-ring (bicyclic) bond motifs is 1. The van der Waals surface area contributed by atoms with Crippen molar-refractivity contribution in [2.75, 3.05) is 29.4 Å². The smallest absolute Gasteiger partial charge is 0.227 e. The number of carbonyl (C=O) groups is 1. The van der Waals surface area contributed by atoms with Gasteiger partial charge in [0.1, 0.15) is 6.17 Å². The molecule has 2 saturated heterocycles. The van der Waals surface area contributed by atoms with Gasteiger partial charge in [-0.2, -0.15) is 0 Å². The van der Waals surface area contributed by atoms with Gasteiger partial charge in [-0.05, 0) is 38.3 Å². The van der Waals surface area contributed by atoms with E-state index in [1.807, 2.05) is 17.2 Å². The fraction of sp³-hybridized carbons (Fsp3) is 0.520. The Balaban J connectivity index is 1.44. The topological polar surface area (TPSA) is 87.4 Å². The highest BCUT2D eigenvalue weighted by molar-refractivity contribution is 6.04. The van der Waals surface area contributed by atoms with Crippen molar-refractivity contribution >= 4 is 28.4 Å². The monoisotopic (exact) mass is 466 g/mol. The first-order valence-electron chi connectivity index (χ1n) is 12.1. The van der Waals surface area contributed by atoms with Crippen LogP contribution in [0.2, 0.25) is 0 Å². The molecule has 1 unspecified atom stereocenters. The van der Waals surface area contributed by atoms with E-state index < -0.39 is 12.3 Å². The Kier molecular flexibility index (Phi) is 6.20. The lowest BCUT2D eigenvalue weighted by atomic mass is 10.1. The summed E-state index contributed by atoms with van der Waals surface area (Å²) in [6.45, 7) is 5.70. The molecule has 1 N–H and O–H groups in total. The minimum absolute atomic E-state index is 0.0925. The van der Waals surface area contributed by atoms with Crippen LogP contribution >= 0.6 is 0 Å². The van der Waals surface area contributed by atoms with Crippen molar-refractivity contribution in [1.29, 1.82) is 0 Å². The van der Waals surface area contributed by atoms with Crippen molar-refractivity contribution in [2.45, 2.75) is 64.3 Å². The summed E-state index contributed by atoms with van der Waals surface area (Å²) in [6.07, 6.45) is 6.77. The summed E-state index contributed by atoms with van der Waals surface area (Å²) in [5.74, 6) is 0.646. The predicted molar refractivity (Wildman–Crippen MR) is 129 cm³/mol. The number of aliphatic hydroxyl groups excluding tert-OH is 1. The second-order valence-electron chi connectivity index (χ2n) is 9.36. The van der Waals surface area contributed by atoms with E-state index in [4.69, 9.17) is 4.98 Å². The Morgan fingerprint density at radius 3 is 2.85 bits per heavy atom. The predicted octanol–water partition coefficient (Wildman–Crippen LogP) is 3.42. The zero-order valence-corrected chi connectivity index (χ0v) is 19.7. The second-order valence-corrected chi connectivity index (χ2v) is 9.36. The number of aliphatic hydroxyl groups is 1. The Morgan fingerprint density at radius 1 is 1.26 bits per heavy atom. The van der Waals surface area contributed by atoms with Crippen molar-refractivity contribution in [3.8, 4) is 0 Å². The number of anilines is 2. The Morgan fingerprint density at radius 2 is 2.12 bits per heavy atom. The van der Waals surface area contributed by atoms with Gasteiger partial charge < -0.3 is 19.5 Å². The van der Waals surface area contributed by atoms with Crippen LogP contribution in [0.5, 0.6) is 0 Å². The number of amides is 1. The third-order valence-electron chi connectivity index (χ3n) is 7.04. The van der Waals surface area contributed by atoms with Crippen LogP contribution in [0.1, 0.15) is 57.0 Å². The molecule has 0 saturated carbocycles. The number of aromatic nitrogens is 4. The van der Waals surface area contributed by atoms with E-state index in [1.165, 1.54) is 0 Å². The van der Waals surface area contributed by atoms with E-state index in [9.17, 15) is 14.3 Å². The molecule has 3 atom stereocenters. The van der Waals surface area contributed by atoms with E-state index in [-0.39, 0.29) is 18.5 Å². The van der Waals surface area contributed by atoms with Crippen molar-refractivity contribution in [1.82, 2.24) is 19.5 Å². The highest BCUT2D eigenvalue weighted by atomic mass is 19.1. The first kappa shape index (κ1) is 22.7. The standard InChI is InChI=1S/C25H31FN6O2/c1-3-16(2)32-15-22(31-9-4-5-24(31)34)19-13-28-18(12-21(19)32)11-17-6-8-27-25(29-17)30-10-7-23(33)20(26)14-30/h6,8,12-13,15-16,20,23,33H,3-5,7,9-11,14H2,1-2H3/t16?,20-,23+/m0/s1. The Labute approximate surface area is 198 Å². The summed E-state index contributed by atoms with van der Waals surface area (Å²) >= 11 is 0. The maximum absolute atomic E-state index is 14.0. The molecule has 2 fully saturated rings. The fourth-order valence-electron chi connectivity index (χ4n) is 4.84. The average molecular weight is 467 g/mol. The minimum atomic E-state index is -1.30. The SMILES string of the molecule is CCC(C)n1cc(N2CCCC2=O)c2cnc(Cc3ccnc(N4CC[C@@H](O)[C@@H](F)C4)n3)cc21. The van der Waals surface area contributed by atoms with E-state index in [0.717, 1.165) is 47.4 Å². The Hall–Kier alpha value is -3.07. The molecule has 3 aromatic heterocycles. The summed E-state index contributed by atoms with van der Waals surface area (Å²) in [6, 6.07) is 4.23. The van der Waals surface area contributed by atoms with Crippen LogP contribution in [0, 0.1) is 0 Å². The van der Waals surface area contributed by atoms with Crippen molar-refractivity contribution in [3.63, 3.8) is 0 Å². The van der Waals surface area contributed by atoms with Crippen LogP contribution in [0.4, 0.5) is 16.0 Å². The van der Waals surface area contributed by atoms with E-state index >= 15 is 0 Å². The molecule has 9 heteroatoms. The molecule has 3 aromatic rings. The lowest BCUT2D eigenvalue weighted by Gasteiger charge is -2.32. The third kappa shape index (κ3) is 4.24. The largest absolute Gasteiger partial charge is 0.390 e. The van der Waals surface area contributed by atoms with Gasteiger partial charge >= 0.3 is 0 Å². The molecule has 0 spiro atoms. The molecule has 5 heterocycles. The number of nitrogens with zero attached hydrogens (tertiary/aromatic N) is 6. The first-order chi connectivity index (χ1) is 16.4. The van der Waals surface area contributed by atoms with Gasteiger partial charge in [0.2, 0.25) is 11.9 Å². The zero-order chi connectivity index (χ0) is 23.8. The van der Waals surface area contributed by atoms with Gasteiger partial charge in [-0.15, -0.1) is 0 Å². The quantitative estimate of drug-likeness (QED) is 0.599. The van der Waals surface area contributed by atoms with E-state index in [0.29, 0.717) is 31.8 Å². The third-order valence-corrected chi connectivity index (χ3v) is 7.04. The van der Waals surface area contributed by atoms with Crippen LogP contribution in [0.25, 0.3) is 10.9 Å². The van der Waals surface area contributed by atoms with Crippen LogP contribution in [0.3, 0.4) is 0 Å². The number of pyridine rings is 1. The van der Waals surface area contributed by atoms with Gasteiger partial charge in [-0.1, -0.05) is 6.92 Å². The van der Waals surface area contributed by atoms with Gasteiger partial charge in [0.25, 0.3) is 0 Å². The van der Waals surface area contributed by atoms with Crippen molar-refractivity contribution in [2.24, 2.45) is 0 Å². The molecular formula is C25H31FN6O2. The number of alkyl halides is 1. The molecule has 0 aromatic carbocycles. The normalized spacial score (nSPS) is 22.1. The molecule has 180 valence electrons. The number of halogens is 1. The molecule has 0 bridgehead atoms. The average Bonchev–Trinajstić information content (AvgIpc) is 3.43. The molecule has 8 nitrogen and oxygen atoms in total. The van der Waals surface area contributed by atoms with Crippen LogP contribution in [-0.4, -0.2) is 62.4 Å². The maximum Gasteiger partial charge on any atom is 0.227 e. The number of rotatable bonds is 6. The molecular weight excluding hydrogens is 435 g/mol. The van der Waals surface area contributed by atoms with Crippen LogP contribution in [-0.2, 0) is 11.2 Å². The second kappa shape index (κ2) is 9.29. The number of hydrogen-bond donors (Lipinski definition) is 1. The highest BCUT2D eigenvalue weighted by Gasteiger charge is 2.29. The maximum atomic E-state index is 14.0. The number of piperidine rings is 1. The Bertz CT molecular complexity index is 1200. The van der Waals surface area contributed by atoms with Crippen molar-refractivity contribution < 1.29 is 14.3 Å². The molecule has 2 aliphatic heterocycles. The molecule has 34 heavy (non-hydrogen) atoms. The number of hydrogen-bond acceptors (Lipinski definition) is 6. The van der Waals surface area contributed by atoms with E-state index in [1.54, 1.807) is 11.1 Å². The van der Waals surface area contributed by atoms with Crippen LogP contribution in [0.15, 0.2) is 30.7 Å². The van der Waals surface area contributed by atoms with Crippen molar-refractivity contribution in [3.05, 3.63) is 42.1 Å². The van der Waals surface area contributed by atoms with Crippen LogP contribution < -0.4 is 9.80 Å². The summed E-state index contributed by atoms with van der Waals surface area (Å²) in [5.41, 5.74) is 3.68. The first-order valence-corrected chi connectivity index (χ1v) is 12.1. The van der Waals surface area contributed by atoms with E-state index in [2.05, 4.69) is 40.6 Å². The lowest BCUT2D eigenvalue weighted by Crippen LogP contribution is -2.45. The molecule has 5 rings (SSSR count). The zero-order valence-electron chi connectivity index (χ0n) is 19.7. The highest BCUT2D eigenvalue weighted by Crippen LogP contribution is 2.34. The molecule has 0 radical (unpaired) electrons. The van der Waals surface area contributed by atoms with Gasteiger partial charge in [0.15, 0.2) is 0 Å². The summed E-state index contributed by atoms with van der Waals surface area (Å²) in [5, 5.41) is 10.7. The van der Waals surface area contributed by atoms with Gasteiger partial charge in [-0.3, -0.25) is 9.78 Å². The number of carbonyl (C=O) groups excluding carboxylic acids is 1. The van der Waals surface area contributed by atoms with Gasteiger partial charge in [0.05, 0.1) is 29.5 Å². The molecule has 0 aliphatic carbocycles. The van der Waals surface area contributed by atoms with Gasteiger partial charge in [-0.25, -0.2) is 14.4 Å². The molecule has 1 amide bonds. The van der Waals surface area contributed by atoms with Gasteiger partial charge in [0, 0.05) is 61.6 Å². The molecule has 2 aliphatic rings. The minimum Gasteiger partial charge on any atom is -0.390 e. The lowest BCUT2D eigenvalue weighted by molar-refractivity contribution is -0.117. The summed E-state index contributed by atoms with van der Waals surface area (Å²) < 4.78 is 16.2. The fourth-order valence-corrected chi connectivity index (χ4v) is 4.84. The summed E-state index contributed by atoms with van der Waals surface area (Å²) in [7, 11) is 0.